The summed E-state index contributed by atoms with van der Waals surface area (Å²) in [7, 11) is 1.59. The van der Waals surface area contributed by atoms with Gasteiger partial charge in [-0.05, 0) is 12.1 Å². The molecule has 0 spiro atoms. The van der Waals surface area contributed by atoms with Crippen molar-refractivity contribution in [1.29, 1.82) is 0 Å². The van der Waals surface area contributed by atoms with Gasteiger partial charge in [-0.3, -0.25) is 9.79 Å². The highest BCUT2D eigenvalue weighted by Gasteiger charge is 2.15. The zero-order valence-corrected chi connectivity index (χ0v) is 8.92. The molecule has 1 aromatic rings. The van der Waals surface area contributed by atoms with Crippen LogP contribution in [0.25, 0.3) is 0 Å². The molecule has 5 heteroatoms. The third-order valence-electron chi connectivity index (χ3n) is 2.25. The molecule has 1 amide bonds. The smallest absolute Gasteiger partial charge is 0.271 e. The molecule has 0 bridgehead atoms. The quantitative estimate of drug-likeness (QED) is 0.795. The third-order valence-corrected chi connectivity index (χ3v) is 2.25. The lowest BCUT2D eigenvalue weighted by atomic mass is 10.2. The molecule has 0 fully saturated rings. The number of aromatic nitrogens is 1. The molecule has 0 aromatic carbocycles. The van der Waals surface area contributed by atoms with Crippen LogP contribution in [0.2, 0.25) is 0 Å². The number of anilines is 1. The van der Waals surface area contributed by atoms with Crippen molar-refractivity contribution in [3.05, 3.63) is 36.4 Å². The summed E-state index contributed by atoms with van der Waals surface area (Å²) in [6.45, 7) is 0.645. The fraction of sp³-hybridized carbons (Fsp3) is 0.182. The van der Waals surface area contributed by atoms with Crippen LogP contribution in [-0.2, 0) is 0 Å². The van der Waals surface area contributed by atoms with Gasteiger partial charge in [-0.25, -0.2) is 4.98 Å². The van der Waals surface area contributed by atoms with Crippen molar-refractivity contribution < 1.29 is 4.79 Å². The number of aliphatic imine (C=N–C) groups is 1. The van der Waals surface area contributed by atoms with Crippen LogP contribution in [0.5, 0.6) is 0 Å². The molecule has 1 N–H and O–H groups in total. The predicted molar refractivity (Wildman–Crippen MR) is 62.6 cm³/mol. The van der Waals surface area contributed by atoms with Gasteiger partial charge >= 0.3 is 0 Å². The molecule has 0 radical (unpaired) electrons. The van der Waals surface area contributed by atoms with Gasteiger partial charge in [0.25, 0.3) is 5.91 Å². The molecule has 0 aliphatic carbocycles. The average Bonchev–Trinajstić information content (AvgIpc) is 2.39. The number of carbonyl (C=O) groups excluding carboxylic acids is 1. The molecule has 82 valence electrons. The van der Waals surface area contributed by atoms with Crippen molar-refractivity contribution in [2.45, 2.75) is 0 Å². The summed E-state index contributed by atoms with van der Waals surface area (Å²) in [5.74, 6) is -0.188. The lowest BCUT2D eigenvalue weighted by Gasteiger charge is -2.21. The molecule has 1 aliphatic rings. The van der Waals surface area contributed by atoms with Crippen molar-refractivity contribution >= 4 is 17.8 Å². The largest absolute Gasteiger partial charge is 0.354 e. The first-order chi connectivity index (χ1) is 7.83. The monoisotopic (exact) mass is 216 g/mol. The molecule has 0 saturated carbocycles. The van der Waals surface area contributed by atoms with Gasteiger partial charge in [-0.15, -0.1) is 0 Å². The van der Waals surface area contributed by atoms with Gasteiger partial charge in [-0.1, -0.05) is 0 Å². The lowest BCUT2D eigenvalue weighted by molar-refractivity contribution is 0.0959. The maximum absolute atomic E-state index is 11.6. The normalized spacial score (nSPS) is 13.9. The SMILES string of the molecule is CNC(=O)c1ncccc1N1C=CN=CC1. The maximum atomic E-state index is 11.6. The van der Waals surface area contributed by atoms with Crippen LogP contribution >= 0.6 is 0 Å². The van der Waals surface area contributed by atoms with Crippen LogP contribution in [0.15, 0.2) is 35.7 Å². The first-order valence-electron chi connectivity index (χ1n) is 4.95. The highest BCUT2D eigenvalue weighted by atomic mass is 16.1. The van der Waals surface area contributed by atoms with E-state index < -0.39 is 0 Å². The fourth-order valence-electron chi connectivity index (χ4n) is 1.48. The minimum Gasteiger partial charge on any atom is -0.354 e. The summed E-state index contributed by atoms with van der Waals surface area (Å²) >= 11 is 0. The van der Waals surface area contributed by atoms with Crippen LogP contribution in [0.4, 0.5) is 5.69 Å². The summed E-state index contributed by atoms with van der Waals surface area (Å²) in [5, 5.41) is 2.57. The van der Waals surface area contributed by atoms with Crippen molar-refractivity contribution in [1.82, 2.24) is 10.3 Å². The Bertz CT molecular complexity index is 453. The number of carbonyl (C=O) groups is 1. The minimum atomic E-state index is -0.188. The van der Waals surface area contributed by atoms with Gasteiger partial charge in [0.2, 0.25) is 0 Å². The second-order valence-corrected chi connectivity index (χ2v) is 3.23. The van der Waals surface area contributed by atoms with Crippen LogP contribution in [0.3, 0.4) is 0 Å². The summed E-state index contributed by atoms with van der Waals surface area (Å²) < 4.78 is 0. The van der Waals surface area contributed by atoms with Gasteiger partial charge in [0.15, 0.2) is 5.69 Å². The Labute approximate surface area is 93.5 Å². The first-order valence-corrected chi connectivity index (χ1v) is 4.95. The number of nitrogens with one attached hydrogen (secondary N) is 1. The summed E-state index contributed by atoms with van der Waals surface area (Å²) in [6, 6.07) is 3.67. The van der Waals surface area contributed by atoms with Gasteiger partial charge < -0.3 is 10.2 Å². The van der Waals surface area contributed by atoms with Gasteiger partial charge in [0.05, 0.1) is 12.2 Å². The van der Waals surface area contributed by atoms with E-state index in [1.165, 1.54) is 0 Å². The van der Waals surface area contributed by atoms with Gasteiger partial charge in [-0.2, -0.15) is 0 Å². The fourth-order valence-corrected chi connectivity index (χ4v) is 1.48. The Morgan fingerprint density at radius 1 is 1.56 bits per heavy atom. The molecular formula is C11H12N4O. The van der Waals surface area contributed by atoms with E-state index in [9.17, 15) is 4.79 Å². The van der Waals surface area contributed by atoms with Crippen LogP contribution in [-0.4, -0.2) is 30.7 Å². The summed E-state index contributed by atoms with van der Waals surface area (Å²) in [5.41, 5.74) is 1.20. The molecule has 0 unspecified atom stereocenters. The highest BCUT2D eigenvalue weighted by Crippen LogP contribution is 2.19. The Hall–Kier alpha value is -2.17. The van der Waals surface area contributed by atoms with E-state index in [2.05, 4.69) is 15.3 Å². The lowest BCUT2D eigenvalue weighted by Crippen LogP contribution is -2.26. The Morgan fingerprint density at radius 2 is 2.44 bits per heavy atom. The predicted octanol–water partition coefficient (Wildman–Crippen LogP) is 0.803. The number of pyridine rings is 1. The Balaban J connectivity index is 2.36. The molecule has 0 atom stereocenters. The summed E-state index contributed by atoms with van der Waals surface area (Å²) in [6.07, 6.45) is 6.89. The first kappa shape index (κ1) is 10.4. The molecule has 1 aromatic heterocycles. The van der Waals surface area contributed by atoms with E-state index in [0.717, 1.165) is 5.69 Å². The van der Waals surface area contributed by atoms with Crippen molar-refractivity contribution in [3.63, 3.8) is 0 Å². The Morgan fingerprint density at radius 3 is 3.12 bits per heavy atom. The molecule has 2 heterocycles. The van der Waals surface area contributed by atoms with E-state index in [1.54, 1.807) is 31.7 Å². The van der Waals surface area contributed by atoms with Crippen molar-refractivity contribution in [2.24, 2.45) is 4.99 Å². The number of hydrogen-bond donors (Lipinski definition) is 1. The molecular weight excluding hydrogens is 204 g/mol. The van der Waals surface area contributed by atoms with Crippen molar-refractivity contribution in [3.8, 4) is 0 Å². The molecule has 5 nitrogen and oxygen atoms in total. The van der Waals surface area contributed by atoms with Crippen LogP contribution < -0.4 is 10.2 Å². The van der Waals surface area contributed by atoms with Gasteiger partial charge in [0, 0.05) is 31.9 Å². The molecule has 1 aliphatic heterocycles. The number of rotatable bonds is 2. The molecule has 16 heavy (non-hydrogen) atoms. The maximum Gasteiger partial charge on any atom is 0.271 e. The minimum absolute atomic E-state index is 0.188. The van der Waals surface area contributed by atoms with E-state index in [-0.39, 0.29) is 5.91 Å². The number of amides is 1. The van der Waals surface area contributed by atoms with E-state index in [1.807, 2.05) is 17.2 Å². The number of nitrogens with zero attached hydrogens (tertiary/aromatic N) is 3. The summed E-state index contributed by atoms with van der Waals surface area (Å²) in [4.78, 5) is 21.6. The van der Waals surface area contributed by atoms with E-state index in [4.69, 9.17) is 0 Å². The second kappa shape index (κ2) is 4.57. The molecule has 0 saturated heterocycles. The molecule has 2 rings (SSSR count). The van der Waals surface area contributed by atoms with Crippen LogP contribution in [0.1, 0.15) is 10.5 Å². The van der Waals surface area contributed by atoms with Crippen molar-refractivity contribution in [2.75, 3.05) is 18.5 Å². The van der Waals surface area contributed by atoms with Crippen LogP contribution in [0, 0.1) is 0 Å². The topological polar surface area (TPSA) is 57.6 Å². The van der Waals surface area contributed by atoms with Gasteiger partial charge in [0.1, 0.15) is 0 Å². The second-order valence-electron chi connectivity index (χ2n) is 3.23. The Kier molecular flexibility index (Phi) is 2.95. The average molecular weight is 216 g/mol. The third kappa shape index (κ3) is 1.93. The standard InChI is InChI=1S/C11H12N4O/c1-12-11(16)10-9(3-2-4-14-10)15-7-5-13-6-8-15/h2-7H,8H2,1H3,(H,12,16). The van der Waals surface area contributed by atoms with E-state index >= 15 is 0 Å². The van der Waals surface area contributed by atoms with E-state index in [0.29, 0.717) is 12.2 Å². The zero-order chi connectivity index (χ0) is 11.4. The zero-order valence-electron chi connectivity index (χ0n) is 8.92. The number of hydrogen-bond acceptors (Lipinski definition) is 4. The highest BCUT2D eigenvalue weighted by molar-refractivity contribution is 5.98.